The molecule has 0 aliphatic carbocycles. The highest BCUT2D eigenvalue weighted by molar-refractivity contribution is 4.96. The minimum absolute atomic E-state index is 0.280. The molecule has 0 aromatic heterocycles. The molecule has 0 amide bonds. The third-order valence-electron chi connectivity index (χ3n) is 1.26. The van der Waals surface area contributed by atoms with E-state index in [1.165, 1.54) is 0 Å². The summed E-state index contributed by atoms with van der Waals surface area (Å²) in [6, 6.07) is -0.683. The summed E-state index contributed by atoms with van der Waals surface area (Å²) in [6.07, 6.45) is 6.15. The van der Waals surface area contributed by atoms with E-state index < -0.39 is 12.7 Å². The molecule has 0 aliphatic heterocycles. The van der Waals surface area contributed by atoms with Gasteiger partial charge in [0.05, 0.1) is 6.04 Å². The van der Waals surface area contributed by atoms with Crippen molar-refractivity contribution in [3.63, 3.8) is 0 Å². The molecule has 0 rings (SSSR count). The molecule has 0 bridgehead atoms. The molecule has 0 saturated heterocycles. The van der Waals surface area contributed by atoms with Gasteiger partial charge in [0.15, 0.2) is 0 Å². The third-order valence-corrected chi connectivity index (χ3v) is 1.26. The van der Waals surface area contributed by atoms with Gasteiger partial charge in [0.2, 0.25) is 0 Å². The SMILES string of the molecule is C#CC(N)CCC(N)CF. The van der Waals surface area contributed by atoms with E-state index >= 15 is 0 Å². The number of hydrogen-bond donors (Lipinski definition) is 2. The van der Waals surface area contributed by atoms with E-state index in [0.29, 0.717) is 12.8 Å². The second-order valence-electron chi connectivity index (χ2n) is 2.26. The van der Waals surface area contributed by atoms with Crippen molar-refractivity contribution in [1.82, 2.24) is 0 Å². The summed E-state index contributed by atoms with van der Waals surface area (Å²) in [5.41, 5.74) is 10.6. The van der Waals surface area contributed by atoms with Crippen LogP contribution in [-0.4, -0.2) is 18.8 Å². The van der Waals surface area contributed by atoms with Crippen LogP contribution in [0.15, 0.2) is 0 Å². The molecule has 2 unspecified atom stereocenters. The van der Waals surface area contributed by atoms with Crippen molar-refractivity contribution in [3.05, 3.63) is 0 Å². The predicted octanol–water partition coefficient (Wildman–Crippen LogP) is 0.0239. The lowest BCUT2D eigenvalue weighted by atomic mass is 10.1. The van der Waals surface area contributed by atoms with Gasteiger partial charge in [0.25, 0.3) is 0 Å². The fraction of sp³-hybridized carbons (Fsp3) is 0.714. The summed E-state index contributed by atoms with van der Waals surface area (Å²) in [6.45, 7) is -0.503. The zero-order chi connectivity index (χ0) is 7.98. The van der Waals surface area contributed by atoms with E-state index in [2.05, 4.69) is 5.92 Å². The second kappa shape index (κ2) is 5.21. The summed E-state index contributed by atoms with van der Waals surface area (Å²) in [7, 11) is 0. The molecule has 2 nitrogen and oxygen atoms in total. The quantitative estimate of drug-likeness (QED) is 0.547. The van der Waals surface area contributed by atoms with Gasteiger partial charge in [0, 0.05) is 6.04 Å². The maximum Gasteiger partial charge on any atom is 0.104 e. The van der Waals surface area contributed by atoms with Crippen LogP contribution in [-0.2, 0) is 0 Å². The normalized spacial score (nSPS) is 15.8. The first-order chi connectivity index (χ1) is 4.70. The summed E-state index contributed by atoms with van der Waals surface area (Å²) < 4.78 is 11.7. The van der Waals surface area contributed by atoms with Crippen molar-refractivity contribution in [2.45, 2.75) is 24.9 Å². The predicted molar refractivity (Wildman–Crippen MR) is 40.0 cm³/mol. The average Bonchev–Trinajstić information content (AvgIpc) is 1.99. The Labute approximate surface area is 60.8 Å². The molecular formula is C7H13FN2. The molecular weight excluding hydrogens is 131 g/mol. The van der Waals surface area contributed by atoms with Gasteiger partial charge in [-0.3, -0.25) is 0 Å². The first-order valence-electron chi connectivity index (χ1n) is 3.24. The first-order valence-corrected chi connectivity index (χ1v) is 3.24. The van der Waals surface area contributed by atoms with Gasteiger partial charge in [-0.1, -0.05) is 5.92 Å². The summed E-state index contributed by atoms with van der Waals surface area (Å²) in [4.78, 5) is 0. The molecule has 4 N–H and O–H groups in total. The van der Waals surface area contributed by atoms with Crippen LogP contribution < -0.4 is 11.5 Å². The van der Waals surface area contributed by atoms with Crippen molar-refractivity contribution in [2.24, 2.45) is 11.5 Å². The Hall–Kier alpha value is -0.590. The summed E-state index contributed by atoms with van der Waals surface area (Å²) in [5, 5.41) is 0. The van der Waals surface area contributed by atoms with Gasteiger partial charge in [-0.2, -0.15) is 0 Å². The van der Waals surface area contributed by atoms with E-state index in [9.17, 15) is 4.39 Å². The van der Waals surface area contributed by atoms with E-state index in [-0.39, 0.29) is 6.04 Å². The van der Waals surface area contributed by atoms with Crippen LogP contribution >= 0.6 is 0 Å². The van der Waals surface area contributed by atoms with Crippen LogP contribution in [0.3, 0.4) is 0 Å². The Morgan fingerprint density at radius 1 is 1.40 bits per heavy atom. The number of hydrogen-bond acceptors (Lipinski definition) is 2. The van der Waals surface area contributed by atoms with E-state index in [0.717, 1.165) is 0 Å². The lowest BCUT2D eigenvalue weighted by Crippen LogP contribution is -2.26. The van der Waals surface area contributed by atoms with Crippen LogP contribution in [0, 0.1) is 12.3 Å². The van der Waals surface area contributed by atoms with Gasteiger partial charge in [-0.25, -0.2) is 4.39 Å². The largest absolute Gasteiger partial charge is 0.325 e. The Morgan fingerprint density at radius 3 is 2.40 bits per heavy atom. The van der Waals surface area contributed by atoms with Crippen LogP contribution in [0.5, 0.6) is 0 Å². The Bertz CT molecular complexity index is 119. The summed E-state index contributed by atoms with van der Waals surface area (Å²) >= 11 is 0. The number of nitrogens with two attached hydrogens (primary N) is 2. The van der Waals surface area contributed by atoms with Gasteiger partial charge in [0.1, 0.15) is 6.67 Å². The Balaban J connectivity index is 3.28. The maximum absolute atomic E-state index is 11.7. The topological polar surface area (TPSA) is 52.0 Å². The minimum atomic E-state index is -0.503. The molecule has 0 fully saturated rings. The van der Waals surface area contributed by atoms with Crippen molar-refractivity contribution < 1.29 is 4.39 Å². The van der Waals surface area contributed by atoms with E-state index in [4.69, 9.17) is 17.9 Å². The Kier molecular flexibility index (Phi) is 4.91. The smallest absolute Gasteiger partial charge is 0.104 e. The standard InChI is InChI=1S/C7H13FN2/c1-2-6(9)3-4-7(10)5-8/h1,6-7H,3-5,9-10H2. The first kappa shape index (κ1) is 9.41. The molecule has 2 atom stereocenters. The molecule has 58 valence electrons. The van der Waals surface area contributed by atoms with Crippen LogP contribution in [0.2, 0.25) is 0 Å². The highest BCUT2D eigenvalue weighted by Gasteiger charge is 2.03. The molecule has 0 aliphatic rings. The highest BCUT2D eigenvalue weighted by atomic mass is 19.1. The lowest BCUT2D eigenvalue weighted by Gasteiger charge is -2.07. The van der Waals surface area contributed by atoms with E-state index in [1.54, 1.807) is 0 Å². The van der Waals surface area contributed by atoms with E-state index in [1.807, 2.05) is 0 Å². The maximum atomic E-state index is 11.7. The molecule has 0 heterocycles. The molecule has 0 saturated carbocycles. The molecule has 0 aromatic rings. The molecule has 0 spiro atoms. The van der Waals surface area contributed by atoms with Crippen LogP contribution in [0.25, 0.3) is 0 Å². The molecule has 3 heteroatoms. The zero-order valence-electron chi connectivity index (χ0n) is 5.89. The second-order valence-corrected chi connectivity index (χ2v) is 2.26. The third kappa shape index (κ3) is 4.30. The Morgan fingerprint density at radius 2 is 2.00 bits per heavy atom. The minimum Gasteiger partial charge on any atom is -0.325 e. The summed E-state index contributed by atoms with van der Waals surface area (Å²) in [5.74, 6) is 2.34. The van der Waals surface area contributed by atoms with Gasteiger partial charge < -0.3 is 11.5 Å². The average molecular weight is 144 g/mol. The van der Waals surface area contributed by atoms with Crippen molar-refractivity contribution >= 4 is 0 Å². The van der Waals surface area contributed by atoms with Crippen molar-refractivity contribution in [3.8, 4) is 12.3 Å². The highest BCUT2D eigenvalue weighted by Crippen LogP contribution is 1.97. The zero-order valence-corrected chi connectivity index (χ0v) is 5.89. The number of alkyl halides is 1. The van der Waals surface area contributed by atoms with Crippen LogP contribution in [0.1, 0.15) is 12.8 Å². The van der Waals surface area contributed by atoms with Crippen molar-refractivity contribution in [2.75, 3.05) is 6.67 Å². The number of rotatable bonds is 4. The molecule has 0 aromatic carbocycles. The van der Waals surface area contributed by atoms with Gasteiger partial charge in [-0.05, 0) is 12.8 Å². The molecule has 0 radical (unpaired) electrons. The lowest BCUT2D eigenvalue weighted by molar-refractivity contribution is 0.404. The fourth-order valence-electron chi connectivity index (χ4n) is 0.554. The number of terminal acetylenes is 1. The van der Waals surface area contributed by atoms with Gasteiger partial charge in [-0.15, -0.1) is 6.42 Å². The monoisotopic (exact) mass is 144 g/mol. The van der Waals surface area contributed by atoms with Crippen molar-refractivity contribution in [1.29, 1.82) is 0 Å². The number of halogens is 1. The van der Waals surface area contributed by atoms with Crippen LogP contribution in [0.4, 0.5) is 4.39 Å². The molecule has 10 heavy (non-hydrogen) atoms. The fourth-order valence-corrected chi connectivity index (χ4v) is 0.554. The van der Waals surface area contributed by atoms with Gasteiger partial charge >= 0.3 is 0 Å².